The van der Waals surface area contributed by atoms with Crippen LogP contribution in [-0.2, 0) is 17.9 Å². The van der Waals surface area contributed by atoms with E-state index in [2.05, 4.69) is 10.2 Å². The lowest BCUT2D eigenvalue weighted by molar-refractivity contribution is -0.386. The Kier molecular flexibility index (Phi) is 5.01. The van der Waals surface area contributed by atoms with Gasteiger partial charge in [0.2, 0.25) is 5.91 Å². The fourth-order valence-corrected chi connectivity index (χ4v) is 2.82. The van der Waals surface area contributed by atoms with Crippen molar-refractivity contribution in [2.75, 3.05) is 7.05 Å². The molecule has 0 spiro atoms. The topological polar surface area (TPSA) is 99.1 Å². The molecule has 0 bridgehead atoms. The van der Waals surface area contributed by atoms with Gasteiger partial charge < -0.3 is 4.90 Å². The first kappa shape index (κ1) is 17.6. The monoisotopic (exact) mass is 334 g/mol. The van der Waals surface area contributed by atoms with E-state index >= 15 is 0 Å². The summed E-state index contributed by atoms with van der Waals surface area (Å²) in [5.74, 6) is -0.167. The van der Waals surface area contributed by atoms with Crippen LogP contribution in [0, 0.1) is 24.0 Å². The van der Waals surface area contributed by atoms with E-state index in [1.807, 2.05) is 17.7 Å². The molecule has 1 atom stereocenters. The molecular formula is C15H22N6O3. The number of rotatable bonds is 6. The maximum Gasteiger partial charge on any atom is 0.312 e. The van der Waals surface area contributed by atoms with Gasteiger partial charge in [-0.3, -0.25) is 24.3 Å². The van der Waals surface area contributed by atoms with Gasteiger partial charge >= 0.3 is 5.69 Å². The molecule has 0 N–H and O–H groups in total. The molecule has 0 fully saturated rings. The first-order valence-corrected chi connectivity index (χ1v) is 7.73. The zero-order valence-corrected chi connectivity index (χ0v) is 14.6. The Hall–Kier alpha value is -2.71. The van der Waals surface area contributed by atoms with E-state index in [4.69, 9.17) is 0 Å². The maximum absolute atomic E-state index is 12.7. The molecule has 1 amide bonds. The highest BCUT2D eigenvalue weighted by Crippen LogP contribution is 2.25. The van der Waals surface area contributed by atoms with Gasteiger partial charge in [0.25, 0.3) is 0 Å². The van der Waals surface area contributed by atoms with Crippen molar-refractivity contribution in [1.82, 2.24) is 24.5 Å². The number of likely N-dealkylation sites (N-methyl/N-ethyl adjacent to an activating group) is 1. The van der Waals surface area contributed by atoms with Crippen LogP contribution < -0.4 is 0 Å². The minimum absolute atomic E-state index is 0.0404. The van der Waals surface area contributed by atoms with Crippen molar-refractivity contribution in [2.45, 2.75) is 46.8 Å². The number of nitrogens with zero attached hydrogens (tertiary/aromatic N) is 6. The summed E-state index contributed by atoms with van der Waals surface area (Å²) in [5, 5.41) is 19.5. The van der Waals surface area contributed by atoms with Gasteiger partial charge in [-0.1, -0.05) is 0 Å². The standard InChI is InChI=1S/C15H22N6O3/c1-6-19-13(7-8-16-19)9-18(5)15(22)12(4)20-11(3)14(21(23)24)10(2)17-20/h7-8,12H,6,9H2,1-5H3. The molecule has 9 nitrogen and oxygen atoms in total. The normalized spacial score (nSPS) is 12.2. The second-order valence-corrected chi connectivity index (χ2v) is 5.73. The van der Waals surface area contributed by atoms with Gasteiger partial charge in [0.1, 0.15) is 17.4 Å². The number of carbonyl (C=O) groups excluding carboxylic acids is 1. The van der Waals surface area contributed by atoms with Crippen LogP contribution in [0.3, 0.4) is 0 Å². The smallest absolute Gasteiger partial charge is 0.312 e. The molecular weight excluding hydrogens is 312 g/mol. The average molecular weight is 334 g/mol. The highest BCUT2D eigenvalue weighted by atomic mass is 16.6. The van der Waals surface area contributed by atoms with Crippen LogP contribution in [0.25, 0.3) is 0 Å². The van der Waals surface area contributed by atoms with E-state index in [1.54, 1.807) is 38.9 Å². The van der Waals surface area contributed by atoms with E-state index in [-0.39, 0.29) is 11.6 Å². The molecule has 2 aromatic rings. The molecule has 0 aliphatic carbocycles. The molecule has 0 aromatic carbocycles. The van der Waals surface area contributed by atoms with Crippen molar-refractivity contribution in [3.05, 3.63) is 39.5 Å². The Morgan fingerprint density at radius 2 is 2.12 bits per heavy atom. The van der Waals surface area contributed by atoms with Crippen LogP contribution in [0.1, 0.15) is 37.0 Å². The molecule has 0 radical (unpaired) electrons. The van der Waals surface area contributed by atoms with E-state index in [0.717, 1.165) is 12.2 Å². The van der Waals surface area contributed by atoms with Crippen LogP contribution >= 0.6 is 0 Å². The van der Waals surface area contributed by atoms with E-state index in [9.17, 15) is 14.9 Å². The molecule has 0 aliphatic heterocycles. The van der Waals surface area contributed by atoms with Crippen molar-refractivity contribution in [1.29, 1.82) is 0 Å². The number of nitro groups is 1. The minimum atomic E-state index is -0.625. The van der Waals surface area contributed by atoms with E-state index < -0.39 is 11.0 Å². The summed E-state index contributed by atoms with van der Waals surface area (Å²) in [6.45, 7) is 7.99. The Balaban J connectivity index is 2.20. The predicted octanol–water partition coefficient (Wildman–Crippen LogP) is 1.84. The fraction of sp³-hybridized carbons (Fsp3) is 0.533. The highest BCUT2D eigenvalue weighted by Gasteiger charge is 2.28. The lowest BCUT2D eigenvalue weighted by atomic mass is 10.2. The van der Waals surface area contributed by atoms with Crippen LogP contribution in [0.15, 0.2) is 12.3 Å². The van der Waals surface area contributed by atoms with Crippen LogP contribution in [-0.4, -0.2) is 42.3 Å². The quantitative estimate of drug-likeness (QED) is 0.593. The van der Waals surface area contributed by atoms with Crippen molar-refractivity contribution in [3.8, 4) is 0 Å². The predicted molar refractivity (Wildman–Crippen MR) is 87.4 cm³/mol. The summed E-state index contributed by atoms with van der Waals surface area (Å²) in [6, 6.07) is 1.24. The third-order valence-electron chi connectivity index (χ3n) is 4.07. The van der Waals surface area contributed by atoms with Crippen molar-refractivity contribution < 1.29 is 9.72 Å². The second kappa shape index (κ2) is 6.81. The summed E-state index contributed by atoms with van der Waals surface area (Å²) in [6.07, 6.45) is 1.70. The molecule has 1 unspecified atom stereocenters. The van der Waals surface area contributed by atoms with Crippen LogP contribution in [0.4, 0.5) is 5.69 Å². The van der Waals surface area contributed by atoms with Gasteiger partial charge in [-0.2, -0.15) is 10.2 Å². The summed E-state index contributed by atoms with van der Waals surface area (Å²) >= 11 is 0. The first-order chi connectivity index (χ1) is 11.3. The molecule has 2 heterocycles. The fourth-order valence-electron chi connectivity index (χ4n) is 2.82. The first-order valence-electron chi connectivity index (χ1n) is 7.73. The van der Waals surface area contributed by atoms with Gasteiger partial charge in [0.15, 0.2) is 0 Å². The molecule has 0 saturated heterocycles. The molecule has 130 valence electrons. The van der Waals surface area contributed by atoms with Gasteiger partial charge in [-0.25, -0.2) is 0 Å². The Morgan fingerprint density at radius 1 is 1.46 bits per heavy atom. The number of aryl methyl sites for hydroxylation is 2. The second-order valence-electron chi connectivity index (χ2n) is 5.73. The molecule has 9 heteroatoms. The molecule has 2 rings (SSSR count). The average Bonchev–Trinajstić information content (AvgIpc) is 3.09. The SMILES string of the molecule is CCn1nccc1CN(C)C(=O)C(C)n1nc(C)c([N+](=O)[O-])c1C. The third-order valence-corrected chi connectivity index (χ3v) is 4.07. The van der Waals surface area contributed by atoms with Crippen molar-refractivity contribution in [2.24, 2.45) is 0 Å². The van der Waals surface area contributed by atoms with Crippen LogP contribution in [0.2, 0.25) is 0 Å². The molecule has 0 saturated carbocycles. The summed E-state index contributed by atoms with van der Waals surface area (Å²) in [4.78, 5) is 24.9. The number of hydrogen-bond donors (Lipinski definition) is 0. The van der Waals surface area contributed by atoms with Gasteiger partial charge in [-0.15, -0.1) is 0 Å². The van der Waals surface area contributed by atoms with Crippen molar-refractivity contribution in [3.63, 3.8) is 0 Å². The highest BCUT2D eigenvalue weighted by molar-refractivity contribution is 5.80. The zero-order chi connectivity index (χ0) is 18.0. The number of hydrogen-bond acceptors (Lipinski definition) is 5. The van der Waals surface area contributed by atoms with Crippen LogP contribution in [0.5, 0.6) is 0 Å². The summed E-state index contributed by atoms with van der Waals surface area (Å²) in [5.41, 5.74) is 1.58. The van der Waals surface area contributed by atoms with Crippen molar-refractivity contribution >= 4 is 11.6 Å². The lowest BCUT2D eigenvalue weighted by Gasteiger charge is -2.22. The van der Waals surface area contributed by atoms with Gasteiger partial charge in [-0.05, 0) is 33.8 Å². The van der Waals surface area contributed by atoms with Gasteiger partial charge in [0.05, 0.1) is 17.2 Å². The minimum Gasteiger partial charge on any atom is -0.338 e. The summed E-state index contributed by atoms with van der Waals surface area (Å²) in [7, 11) is 1.70. The zero-order valence-electron chi connectivity index (χ0n) is 14.6. The van der Waals surface area contributed by atoms with E-state index in [1.165, 1.54) is 4.68 Å². The molecule has 0 aliphatic rings. The number of aromatic nitrogens is 4. The number of carbonyl (C=O) groups is 1. The Labute approximate surface area is 140 Å². The lowest BCUT2D eigenvalue weighted by Crippen LogP contribution is -2.34. The van der Waals surface area contributed by atoms with Gasteiger partial charge in [0, 0.05) is 19.8 Å². The third kappa shape index (κ3) is 3.15. The Morgan fingerprint density at radius 3 is 2.67 bits per heavy atom. The maximum atomic E-state index is 12.7. The molecule has 2 aromatic heterocycles. The largest absolute Gasteiger partial charge is 0.338 e. The Bertz CT molecular complexity index is 763. The summed E-state index contributed by atoms with van der Waals surface area (Å²) < 4.78 is 3.24. The number of amides is 1. The van der Waals surface area contributed by atoms with E-state index in [0.29, 0.717) is 17.9 Å². The molecule has 24 heavy (non-hydrogen) atoms.